The SMILES string of the molecule is CCCN(c1cc(OC)c(CC(=O)OC)cc1Cl)N(C[C@H](O[Si](C)(C)C(C)(C)C)c1cccc(Cl)c1)C(=O)OC(C)(C)C. The summed E-state index contributed by atoms with van der Waals surface area (Å²) in [5.41, 5.74) is 1.18. The van der Waals surface area contributed by atoms with Gasteiger partial charge in [-0.05, 0) is 69.1 Å². The highest BCUT2D eigenvalue weighted by atomic mass is 35.5. The van der Waals surface area contributed by atoms with Crippen molar-refractivity contribution in [3.63, 3.8) is 0 Å². The summed E-state index contributed by atoms with van der Waals surface area (Å²) in [7, 11) is 0.516. The van der Waals surface area contributed by atoms with E-state index in [1.54, 1.807) is 22.2 Å². The summed E-state index contributed by atoms with van der Waals surface area (Å²) in [6, 6.07) is 10.9. The lowest BCUT2D eigenvalue weighted by Gasteiger charge is -2.43. The normalized spacial score (nSPS) is 12.9. The smallest absolute Gasteiger partial charge is 0.429 e. The van der Waals surface area contributed by atoms with Gasteiger partial charge in [-0.2, -0.15) is 0 Å². The molecule has 2 rings (SSSR count). The number of hydrogen-bond acceptors (Lipinski definition) is 7. The fourth-order valence-electron chi connectivity index (χ4n) is 4.11. The van der Waals surface area contributed by atoms with Crippen molar-refractivity contribution in [1.82, 2.24) is 5.01 Å². The maximum Gasteiger partial charge on any atom is 0.429 e. The van der Waals surface area contributed by atoms with Gasteiger partial charge in [-0.25, -0.2) is 9.80 Å². The van der Waals surface area contributed by atoms with E-state index in [1.165, 1.54) is 14.2 Å². The molecule has 0 unspecified atom stereocenters. The first kappa shape index (κ1) is 36.7. The van der Waals surface area contributed by atoms with Crippen LogP contribution in [0.1, 0.15) is 72.1 Å². The number of halogens is 2. The van der Waals surface area contributed by atoms with Gasteiger partial charge < -0.3 is 18.6 Å². The van der Waals surface area contributed by atoms with Crippen LogP contribution >= 0.6 is 23.2 Å². The molecule has 2 aromatic carbocycles. The summed E-state index contributed by atoms with van der Waals surface area (Å²) in [6.07, 6.45) is -0.404. The van der Waals surface area contributed by atoms with Crippen LogP contribution < -0.4 is 9.75 Å². The van der Waals surface area contributed by atoms with Crippen LogP contribution in [0.5, 0.6) is 5.75 Å². The topological polar surface area (TPSA) is 77.5 Å². The first-order valence-electron chi connectivity index (χ1n) is 14.5. The van der Waals surface area contributed by atoms with Gasteiger partial charge in [-0.1, -0.05) is 63.0 Å². The Morgan fingerprint density at radius 2 is 1.65 bits per heavy atom. The molecule has 0 aliphatic rings. The number of hydrazine groups is 1. The molecule has 0 aliphatic heterocycles. The van der Waals surface area contributed by atoms with E-state index >= 15 is 0 Å². The average molecular weight is 656 g/mol. The standard InChI is InChI=1S/C32H48Cl2N2O6Si/c1-12-16-35(26-20-27(39-8)23(18-25(26)34)19-29(37)40-9)36(30(38)41-31(2,3)4)21-28(22-14-13-15-24(33)17-22)42-43(10,11)32(5,6)7/h13-15,17-18,20,28H,12,16,19,21H2,1-11H3/t28-/m0/s1. The molecule has 0 bridgehead atoms. The van der Waals surface area contributed by atoms with Crippen molar-refractivity contribution in [2.75, 3.05) is 32.3 Å². The number of methoxy groups -OCH3 is 2. The van der Waals surface area contributed by atoms with Gasteiger partial charge >= 0.3 is 12.1 Å². The van der Waals surface area contributed by atoms with Gasteiger partial charge in [0, 0.05) is 23.2 Å². The summed E-state index contributed by atoms with van der Waals surface area (Å²) in [5, 5.41) is 4.17. The third-order valence-electron chi connectivity index (χ3n) is 7.32. The van der Waals surface area contributed by atoms with Gasteiger partial charge in [0.15, 0.2) is 8.32 Å². The number of amides is 1. The number of hydrogen-bond donors (Lipinski definition) is 0. The van der Waals surface area contributed by atoms with Crippen molar-refractivity contribution in [3.05, 3.63) is 57.6 Å². The van der Waals surface area contributed by atoms with Crippen molar-refractivity contribution >= 4 is 49.3 Å². The molecule has 0 fully saturated rings. The number of carbonyl (C=O) groups excluding carboxylic acids is 2. The zero-order chi connectivity index (χ0) is 32.8. The van der Waals surface area contributed by atoms with E-state index in [9.17, 15) is 9.59 Å². The lowest BCUT2D eigenvalue weighted by atomic mass is 10.1. The van der Waals surface area contributed by atoms with Gasteiger partial charge in [0.05, 0.1) is 44.0 Å². The highest BCUT2D eigenvalue weighted by molar-refractivity contribution is 6.74. The molecule has 0 saturated carbocycles. The highest BCUT2D eigenvalue weighted by Gasteiger charge is 2.41. The lowest BCUT2D eigenvalue weighted by Crippen LogP contribution is -2.52. The summed E-state index contributed by atoms with van der Waals surface area (Å²) >= 11 is 13.3. The molecule has 0 saturated heterocycles. The second-order valence-electron chi connectivity index (χ2n) is 13.0. The first-order valence-corrected chi connectivity index (χ1v) is 18.1. The number of anilines is 1. The van der Waals surface area contributed by atoms with Crippen LogP contribution in [-0.2, 0) is 25.1 Å². The fourth-order valence-corrected chi connectivity index (χ4v) is 5.87. The van der Waals surface area contributed by atoms with E-state index in [1.807, 2.05) is 52.0 Å². The third kappa shape index (κ3) is 10.3. The number of benzene rings is 2. The van der Waals surface area contributed by atoms with Crippen molar-refractivity contribution < 1.29 is 28.2 Å². The number of rotatable bonds is 12. The van der Waals surface area contributed by atoms with Crippen molar-refractivity contribution in [2.45, 2.75) is 91.1 Å². The molecule has 0 N–H and O–H groups in total. The lowest BCUT2D eigenvalue weighted by molar-refractivity contribution is -0.139. The zero-order valence-corrected chi connectivity index (χ0v) is 30.0. The molecule has 8 nitrogen and oxygen atoms in total. The zero-order valence-electron chi connectivity index (χ0n) is 27.5. The molecule has 0 aliphatic carbocycles. The largest absolute Gasteiger partial charge is 0.496 e. The van der Waals surface area contributed by atoms with E-state index in [0.717, 1.165) is 5.56 Å². The average Bonchev–Trinajstić information content (AvgIpc) is 2.88. The van der Waals surface area contributed by atoms with Crippen LogP contribution in [0, 0.1) is 0 Å². The van der Waals surface area contributed by atoms with E-state index < -0.39 is 32.1 Å². The Bertz CT molecular complexity index is 1260. The van der Waals surface area contributed by atoms with Gasteiger partial charge in [0.2, 0.25) is 0 Å². The Morgan fingerprint density at radius 3 is 2.16 bits per heavy atom. The van der Waals surface area contributed by atoms with Crippen LogP contribution in [0.25, 0.3) is 0 Å². The molecule has 0 heterocycles. The molecule has 11 heteroatoms. The highest BCUT2D eigenvalue weighted by Crippen LogP contribution is 2.41. The monoisotopic (exact) mass is 654 g/mol. The maximum absolute atomic E-state index is 14.0. The number of esters is 1. The minimum absolute atomic E-state index is 0.0135. The van der Waals surface area contributed by atoms with E-state index in [-0.39, 0.29) is 18.0 Å². The summed E-state index contributed by atoms with van der Waals surface area (Å²) in [4.78, 5) is 26.1. The summed E-state index contributed by atoms with van der Waals surface area (Å²) < 4.78 is 23.4. The molecule has 240 valence electrons. The van der Waals surface area contributed by atoms with E-state index in [4.69, 9.17) is 41.8 Å². The molecule has 0 radical (unpaired) electrons. The second-order valence-corrected chi connectivity index (χ2v) is 18.6. The molecule has 1 amide bonds. The van der Waals surface area contributed by atoms with Crippen LogP contribution in [0.15, 0.2) is 36.4 Å². The summed E-state index contributed by atoms with van der Waals surface area (Å²) in [5.74, 6) is 0.0222. The maximum atomic E-state index is 14.0. The molecular formula is C32H48Cl2N2O6Si. The Labute approximate surface area is 268 Å². The fraction of sp³-hybridized carbons (Fsp3) is 0.562. The summed E-state index contributed by atoms with van der Waals surface area (Å²) in [6.45, 7) is 18.9. The number of carbonyl (C=O) groups is 2. The Balaban J connectivity index is 2.75. The molecule has 0 spiro atoms. The molecular weight excluding hydrogens is 607 g/mol. The van der Waals surface area contributed by atoms with E-state index in [2.05, 4.69) is 33.9 Å². The number of nitrogens with zero attached hydrogens (tertiary/aromatic N) is 2. The molecule has 2 aromatic rings. The van der Waals surface area contributed by atoms with Crippen molar-refractivity contribution in [1.29, 1.82) is 0 Å². The Hall–Kier alpha value is -2.46. The quantitative estimate of drug-likeness (QED) is 0.128. The van der Waals surface area contributed by atoms with Crippen LogP contribution in [-0.4, -0.2) is 58.3 Å². The second kappa shape index (κ2) is 15.0. The molecule has 0 aromatic heterocycles. The predicted octanol–water partition coefficient (Wildman–Crippen LogP) is 8.85. The van der Waals surface area contributed by atoms with Crippen molar-refractivity contribution in [2.24, 2.45) is 0 Å². The van der Waals surface area contributed by atoms with Crippen molar-refractivity contribution in [3.8, 4) is 5.75 Å². The van der Waals surface area contributed by atoms with Crippen LogP contribution in [0.2, 0.25) is 28.2 Å². The van der Waals surface area contributed by atoms with Gasteiger partial charge in [-0.3, -0.25) is 9.80 Å². The minimum atomic E-state index is -2.33. The van der Waals surface area contributed by atoms with Gasteiger partial charge in [-0.15, -0.1) is 0 Å². The Kier molecular flexibility index (Phi) is 12.8. The van der Waals surface area contributed by atoms with Crippen LogP contribution in [0.3, 0.4) is 0 Å². The Morgan fingerprint density at radius 1 is 1.00 bits per heavy atom. The predicted molar refractivity (Wildman–Crippen MR) is 177 cm³/mol. The number of ether oxygens (including phenoxy) is 3. The molecule has 43 heavy (non-hydrogen) atoms. The van der Waals surface area contributed by atoms with Gasteiger partial charge in [0.25, 0.3) is 0 Å². The molecule has 1 atom stereocenters. The van der Waals surface area contributed by atoms with Gasteiger partial charge in [0.1, 0.15) is 11.4 Å². The van der Waals surface area contributed by atoms with E-state index in [0.29, 0.717) is 40.0 Å². The third-order valence-corrected chi connectivity index (χ3v) is 12.3. The van der Waals surface area contributed by atoms with Crippen LogP contribution in [0.4, 0.5) is 10.5 Å². The minimum Gasteiger partial charge on any atom is -0.496 e. The first-order chi connectivity index (χ1) is 19.8.